The van der Waals surface area contributed by atoms with Crippen molar-refractivity contribution >= 4 is 22.6 Å². The van der Waals surface area contributed by atoms with Crippen molar-refractivity contribution in [3.63, 3.8) is 0 Å². The van der Waals surface area contributed by atoms with Crippen molar-refractivity contribution < 1.29 is 4.39 Å². The first kappa shape index (κ1) is 7.43. The molecule has 1 heterocycles. The van der Waals surface area contributed by atoms with Gasteiger partial charge in [-0.05, 0) is 12.1 Å². The highest BCUT2D eigenvalue weighted by Gasteiger charge is 2.01. The minimum absolute atomic E-state index is 0.252. The lowest BCUT2D eigenvalue weighted by Gasteiger charge is -1.96. The minimum atomic E-state index is -0.378. The van der Waals surface area contributed by atoms with Crippen molar-refractivity contribution in [1.29, 1.82) is 0 Å². The van der Waals surface area contributed by atoms with Crippen molar-refractivity contribution in [3.05, 3.63) is 35.4 Å². The Morgan fingerprint density at radius 3 is 3.00 bits per heavy atom. The molecule has 0 aliphatic rings. The second-order valence-corrected chi connectivity index (χ2v) is 2.69. The van der Waals surface area contributed by atoms with Gasteiger partial charge in [-0.3, -0.25) is 0 Å². The molecule has 0 fully saturated rings. The molecule has 1 aromatic carbocycles. The molecule has 2 nitrogen and oxygen atoms in total. The number of benzene rings is 1. The molecule has 60 valence electrons. The van der Waals surface area contributed by atoms with Crippen LogP contribution in [0.4, 0.5) is 4.39 Å². The fraction of sp³-hybridized carbons (Fsp3) is 0. The van der Waals surface area contributed by atoms with Gasteiger partial charge in [-0.1, -0.05) is 17.7 Å². The largest absolute Gasteiger partial charge is 0.248 e. The smallest absolute Gasteiger partial charge is 0.151 e. The number of hydrogen-bond donors (Lipinski definition) is 0. The predicted octanol–water partition coefficient (Wildman–Crippen LogP) is 2.42. The maximum atomic E-state index is 13.0. The lowest BCUT2D eigenvalue weighted by molar-refractivity contribution is 0.636. The van der Waals surface area contributed by atoms with Gasteiger partial charge in [0.25, 0.3) is 0 Å². The average molecular weight is 183 g/mol. The van der Waals surface area contributed by atoms with E-state index in [1.54, 1.807) is 12.1 Å². The second kappa shape index (κ2) is 2.68. The van der Waals surface area contributed by atoms with E-state index in [9.17, 15) is 4.39 Å². The summed E-state index contributed by atoms with van der Waals surface area (Å²) in [6, 6.07) is 4.57. The first-order valence-electron chi connectivity index (χ1n) is 3.34. The Kier molecular flexibility index (Phi) is 1.66. The van der Waals surface area contributed by atoms with Gasteiger partial charge < -0.3 is 0 Å². The molecule has 2 aromatic rings. The lowest BCUT2D eigenvalue weighted by Crippen LogP contribution is -1.86. The Balaban J connectivity index is 2.86. The number of para-hydroxylation sites is 1. The summed E-state index contributed by atoms with van der Waals surface area (Å²) in [4.78, 5) is 7.71. The molecule has 0 unspecified atom stereocenters. The Hall–Kier alpha value is -1.22. The molecule has 0 aliphatic carbocycles. The Labute approximate surface area is 73.0 Å². The van der Waals surface area contributed by atoms with E-state index in [2.05, 4.69) is 9.97 Å². The zero-order valence-electron chi connectivity index (χ0n) is 5.96. The summed E-state index contributed by atoms with van der Waals surface area (Å²) in [6.07, 6.45) is 1.33. The number of rotatable bonds is 0. The van der Waals surface area contributed by atoms with E-state index in [0.717, 1.165) is 0 Å². The maximum Gasteiger partial charge on any atom is 0.151 e. The maximum absolute atomic E-state index is 13.0. The lowest BCUT2D eigenvalue weighted by atomic mass is 10.3. The van der Waals surface area contributed by atoms with Gasteiger partial charge in [0.2, 0.25) is 0 Å². The van der Waals surface area contributed by atoms with Gasteiger partial charge in [0, 0.05) is 0 Å². The van der Waals surface area contributed by atoms with Gasteiger partial charge in [-0.2, -0.15) is 0 Å². The Morgan fingerprint density at radius 1 is 1.33 bits per heavy atom. The third kappa shape index (κ3) is 1.12. The SMILES string of the molecule is Fc1cccc2nc(Cl)cnc12. The molecule has 0 N–H and O–H groups in total. The zero-order chi connectivity index (χ0) is 8.55. The third-order valence-corrected chi connectivity index (χ3v) is 1.68. The van der Waals surface area contributed by atoms with Gasteiger partial charge in [0.15, 0.2) is 5.82 Å². The minimum Gasteiger partial charge on any atom is -0.248 e. The molecule has 4 heteroatoms. The highest BCUT2D eigenvalue weighted by molar-refractivity contribution is 6.29. The van der Waals surface area contributed by atoms with Gasteiger partial charge in [-0.25, -0.2) is 14.4 Å². The summed E-state index contributed by atoms with van der Waals surface area (Å²) in [5.41, 5.74) is 0.726. The Bertz CT molecular complexity index is 430. The van der Waals surface area contributed by atoms with Crippen LogP contribution in [0, 0.1) is 5.82 Å². The van der Waals surface area contributed by atoms with Crippen LogP contribution in [0.1, 0.15) is 0 Å². The van der Waals surface area contributed by atoms with Crippen LogP contribution in [0.5, 0.6) is 0 Å². The summed E-state index contributed by atoms with van der Waals surface area (Å²) in [5.74, 6) is -0.378. The topological polar surface area (TPSA) is 25.8 Å². The van der Waals surface area contributed by atoms with E-state index in [1.165, 1.54) is 12.3 Å². The van der Waals surface area contributed by atoms with Gasteiger partial charge in [-0.15, -0.1) is 0 Å². The molecule has 2 rings (SSSR count). The van der Waals surface area contributed by atoms with Crippen LogP contribution in [0.25, 0.3) is 11.0 Å². The summed E-state index contributed by atoms with van der Waals surface area (Å²) in [5, 5.41) is 0.271. The average Bonchev–Trinajstić information content (AvgIpc) is 2.04. The number of fused-ring (bicyclic) bond motifs is 1. The Morgan fingerprint density at radius 2 is 2.17 bits per heavy atom. The van der Waals surface area contributed by atoms with E-state index >= 15 is 0 Å². The molecule has 12 heavy (non-hydrogen) atoms. The van der Waals surface area contributed by atoms with Crippen LogP contribution in [0.15, 0.2) is 24.4 Å². The molecule has 0 aliphatic heterocycles. The third-order valence-electron chi connectivity index (χ3n) is 1.49. The second-order valence-electron chi connectivity index (χ2n) is 2.30. The molecule has 0 saturated carbocycles. The van der Waals surface area contributed by atoms with Gasteiger partial charge >= 0.3 is 0 Å². The summed E-state index contributed by atoms with van der Waals surface area (Å²) in [6.45, 7) is 0. The molecule has 0 amide bonds. The van der Waals surface area contributed by atoms with Crippen molar-refractivity contribution in [2.45, 2.75) is 0 Å². The molecular weight excluding hydrogens is 179 g/mol. The van der Waals surface area contributed by atoms with E-state index in [0.29, 0.717) is 5.52 Å². The van der Waals surface area contributed by atoms with E-state index < -0.39 is 0 Å². The highest BCUT2D eigenvalue weighted by Crippen LogP contribution is 2.14. The van der Waals surface area contributed by atoms with E-state index in [1.807, 2.05) is 0 Å². The van der Waals surface area contributed by atoms with Crippen molar-refractivity contribution in [2.24, 2.45) is 0 Å². The van der Waals surface area contributed by atoms with Crippen LogP contribution >= 0.6 is 11.6 Å². The van der Waals surface area contributed by atoms with Crippen molar-refractivity contribution in [1.82, 2.24) is 9.97 Å². The van der Waals surface area contributed by atoms with Crippen LogP contribution in [0.2, 0.25) is 5.15 Å². The predicted molar refractivity (Wildman–Crippen MR) is 44.5 cm³/mol. The first-order valence-corrected chi connectivity index (χ1v) is 3.72. The molecule has 0 radical (unpaired) electrons. The summed E-state index contributed by atoms with van der Waals surface area (Å²) >= 11 is 5.57. The molecular formula is C8H4ClFN2. The van der Waals surface area contributed by atoms with E-state index in [4.69, 9.17) is 11.6 Å². The van der Waals surface area contributed by atoms with Crippen molar-refractivity contribution in [3.8, 4) is 0 Å². The zero-order valence-corrected chi connectivity index (χ0v) is 6.72. The highest BCUT2D eigenvalue weighted by atomic mass is 35.5. The first-order chi connectivity index (χ1) is 5.77. The van der Waals surface area contributed by atoms with E-state index in [-0.39, 0.29) is 16.5 Å². The number of halogens is 2. The number of nitrogens with zero attached hydrogens (tertiary/aromatic N) is 2. The normalized spacial score (nSPS) is 10.5. The van der Waals surface area contributed by atoms with Crippen molar-refractivity contribution in [2.75, 3.05) is 0 Å². The molecule has 0 bridgehead atoms. The monoisotopic (exact) mass is 182 g/mol. The number of hydrogen-bond acceptors (Lipinski definition) is 2. The summed E-state index contributed by atoms with van der Waals surface area (Å²) < 4.78 is 13.0. The number of aromatic nitrogens is 2. The van der Waals surface area contributed by atoms with Gasteiger partial charge in [0.05, 0.1) is 11.7 Å². The van der Waals surface area contributed by atoms with Gasteiger partial charge in [0.1, 0.15) is 10.7 Å². The summed E-state index contributed by atoms with van der Waals surface area (Å²) in [7, 11) is 0. The van der Waals surface area contributed by atoms with Crippen LogP contribution in [-0.2, 0) is 0 Å². The molecule has 0 spiro atoms. The molecule has 0 saturated heterocycles. The van der Waals surface area contributed by atoms with Crippen LogP contribution < -0.4 is 0 Å². The fourth-order valence-corrected chi connectivity index (χ4v) is 1.12. The standard InChI is InChI=1S/C8H4ClFN2/c9-7-4-11-8-5(10)2-1-3-6(8)12-7/h1-4H. The van der Waals surface area contributed by atoms with Crippen LogP contribution in [-0.4, -0.2) is 9.97 Å². The van der Waals surface area contributed by atoms with Crippen LogP contribution in [0.3, 0.4) is 0 Å². The fourth-order valence-electron chi connectivity index (χ4n) is 0.984. The molecule has 1 aromatic heterocycles. The molecule has 0 atom stereocenters. The quantitative estimate of drug-likeness (QED) is 0.625.